The van der Waals surface area contributed by atoms with Crippen molar-refractivity contribution in [2.75, 3.05) is 18.0 Å². The molecule has 0 bridgehead atoms. The molecule has 3 aromatic rings. The first kappa shape index (κ1) is 27.0. The van der Waals surface area contributed by atoms with Gasteiger partial charge < -0.3 is 10.1 Å². The van der Waals surface area contributed by atoms with E-state index in [9.17, 15) is 13.2 Å². The minimum Gasteiger partial charge on any atom is -0.495 e. The van der Waals surface area contributed by atoms with Crippen LogP contribution in [-0.2, 0) is 27.7 Å². The maximum absolute atomic E-state index is 13.8. The number of methoxy groups -OCH3 is 1. The molecule has 3 aromatic carbocycles. The number of aryl methyl sites for hydroxylation is 3. The van der Waals surface area contributed by atoms with E-state index in [1.165, 1.54) is 49.3 Å². The van der Waals surface area contributed by atoms with Gasteiger partial charge >= 0.3 is 0 Å². The Kier molecular flexibility index (Phi) is 8.45. The maximum atomic E-state index is 13.8. The average Bonchev–Trinajstić information content (AvgIpc) is 2.90. The lowest BCUT2D eigenvalue weighted by Gasteiger charge is -2.27. The van der Waals surface area contributed by atoms with Gasteiger partial charge in [-0.1, -0.05) is 54.4 Å². The van der Waals surface area contributed by atoms with Crippen molar-refractivity contribution in [1.82, 2.24) is 5.32 Å². The number of ether oxygens (including phenoxy) is 1. The van der Waals surface area contributed by atoms with E-state index in [4.69, 9.17) is 16.3 Å². The van der Waals surface area contributed by atoms with Crippen molar-refractivity contribution < 1.29 is 17.9 Å². The monoisotopic (exact) mass is 540 g/mol. The number of carbonyl (C=O) groups excluding carboxylic acids is 1. The maximum Gasteiger partial charge on any atom is 0.264 e. The number of hydrogen-bond donors (Lipinski definition) is 1. The zero-order chi connectivity index (χ0) is 26.6. The van der Waals surface area contributed by atoms with Crippen LogP contribution in [0.25, 0.3) is 0 Å². The number of benzene rings is 3. The van der Waals surface area contributed by atoms with Crippen molar-refractivity contribution >= 4 is 33.2 Å². The van der Waals surface area contributed by atoms with Gasteiger partial charge in [-0.25, -0.2) is 8.42 Å². The molecule has 0 saturated heterocycles. The average molecular weight is 541 g/mol. The summed E-state index contributed by atoms with van der Waals surface area (Å²) in [6.45, 7) is 3.47. The van der Waals surface area contributed by atoms with Crippen LogP contribution in [0.3, 0.4) is 0 Å². The molecule has 1 N–H and O–H groups in total. The van der Waals surface area contributed by atoms with Crippen LogP contribution >= 0.6 is 11.6 Å². The van der Waals surface area contributed by atoms with Crippen LogP contribution in [0.2, 0.25) is 5.02 Å². The fourth-order valence-corrected chi connectivity index (χ4v) is 6.35. The largest absolute Gasteiger partial charge is 0.495 e. The lowest BCUT2D eigenvalue weighted by Crippen LogP contribution is -2.42. The van der Waals surface area contributed by atoms with E-state index in [0.717, 1.165) is 28.3 Å². The molecule has 37 heavy (non-hydrogen) atoms. The summed E-state index contributed by atoms with van der Waals surface area (Å²) in [5, 5.41) is 3.39. The second-order valence-corrected chi connectivity index (χ2v) is 11.7. The zero-order valence-electron chi connectivity index (χ0n) is 21.5. The molecular formula is C29H33ClN2O4S. The van der Waals surface area contributed by atoms with Crippen molar-refractivity contribution in [3.05, 3.63) is 87.9 Å². The molecule has 1 aliphatic carbocycles. The van der Waals surface area contributed by atoms with Gasteiger partial charge in [-0.3, -0.25) is 9.10 Å². The van der Waals surface area contributed by atoms with Gasteiger partial charge in [0.15, 0.2) is 0 Å². The number of sulfonamides is 1. The number of anilines is 1. The van der Waals surface area contributed by atoms with Crippen LogP contribution in [0.15, 0.2) is 65.6 Å². The highest BCUT2D eigenvalue weighted by molar-refractivity contribution is 7.92. The first-order valence-electron chi connectivity index (χ1n) is 12.6. The lowest BCUT2D eigenvalue weighted by atomic mass is 9.89. The van der Waals surface area contributed by atoms with Crippen LogP contribution in [-0.4, -0.2) is 28.0 Å². The summed E-state index contributed by atoms with van der Waals surface area (Å²) < 4.78 is 34.1. The Hall–Kier alpha value is -3.03. The summed E-state index contributed by atoms with van der Waals surface area (Å²) in [6, 6.07) is 17.4. The topological polar surface area (TPSA) is 75.7 Å². The summed E-state index contributed by atoms with van der Waals surface area (Å²) in [7, 11) is -2.65. The molecule has 0 aliphatic heterocycles. The zero-order valence-corrected chi connectivity index (χ0v) is 23.0. The third-order valence-corrected chi connectivity index (χ3v) is 8.83. The van der Waals surface area contributed by atoms with Crippen LogP contribution in [0.1, 0.15) is 54.5 Å². The van der Waals surface area contributed by atoms with E-state index < -0.39 is 22.5 Å². The van der Waals surface area contributed by atoms with Gasteiger partial charge in [0, 0.05) is 5.02 Å². The Morgan fingerprint density at radius 3 is 2.41 bits per heavy atom. The summed E-state index contributed by atoms with van der Waals surface area (Å²) in [6.07, 6.45) is 5.19. The Morgan fingerprint density at radius 1 is 1.03 bits per heavy atom. The number of nitrogens with zero attached hydrogens (tertiary/aromatic N) is 1. The summed E-state index contributed by atoms with van der Waals surface area (Å²) in [5.74, 6) is -0.114. The van der Waals surface area contributed by atoms with Gasteiger partial charge in [-0.2, -0.15) is 0 Å². The summed E-state index contributed by atoms with van der Waals surface area (Å²) in [4.78, 5) is 13.5. The number of halogens is 1. The molecule has 4 rings (SSSR count). The first-order valence-corrected chi connectivity index (χ1v) is 14.4. The fraction of sp³-hybridized carbons (Fsp3) is 0.345. The van der Waals surface area contributed by atoms with E-state index in [0.29, 0.717) is 17.2 Å². The highest BCUT2D eigenvalue weighted by Gasteiger charge is 2.30. The Bertz CT molecular complexity index is 1370. The molecular weight excluding hydrogens is 508 g/mol. The van der Waals surface area contributed by atoms with Gasteiger partial charge in [0.2, 0.25) is 5.91 Å². The molecule has 0 spiro atoms. The predicted octanol–water partition coefficient (Wildman–Crippen LogP) is 6.00. The standard InChI is InChI=1S/C29H33ClN2O4S/c1-4-26(23-12-11-21-7-5-6-8-22(21)17-23)31-29(33)19-32(27-18-24(30)13-16-28(27)36-3)37(34,35)25-14-9-20(2)10-15-25/h9-18,26H,4-8,19H2,1-3H3,(H,31,33). The van der Waals surface area contributed by atoms with E-state index in [2.05, 4.69) is 23.5 Å². The van der Waals surface area contributed by atoms with Crippen LogP contribution in [0.4, 0.5) is 5.69 Å². The summed E-state index contributed by atoms with van der Waals surface area (Å²) in [5.41, 5.74) is 4.88. The van der Waals surface area contributed by atoms with Gasteiger partial charge in [0.1, 0.15) is 12.3 Å². The third-order valence-electron chi connectivity index (χ3n) is 6.82. The number of nitrogens with one attached hydrogen (secondary N) is 1. The molecule has 196 valence electrons. The molecule has 0 saturated carbocycles. The molecule has 1 unspecified atom stereocenters. The molecule has 6 nitrogen and oxygen atoms in total. The number of amides is 1. The second kappa shape index (κ2) is 11.6. The molecule has 8 heteroatoms. The highest BCUT2D eigenvalue weighted by Crippen LogP contribution is 2.35. The molecule has 0 heterocycles. The number of hydrogen-bond acceptors (Lipinski definition) is 4. The van der Waals surface area contributed by atoms with Gasteiger partial charge in [0.05, 0.1) is 23.7 Å². The predicted molar refractivity (Wildman–Crippen MR) is 148 cm³/mol. The molecule has 1 atom stereocenters. The van der Waals surface area contributed by atoms with Crippen molar-refractivity contribution in [2.24, 2.45) is 0 Å². The molecule has 0 radical (unpaired) electrons. The van der Waals surface area contributed by atoms with E-state index in [1.807, 2.05) is 13.8 Å². The first-order chi connectivity index (χ1) is 17.7. The normalized spacial score (nSPS) is 13.9. The summed E-state index contributed by atoms with van der Waals surface area (Å²) >= 11 is 6.24. The quantitative estimate of drug-likeness (QED) is 0.361. The van der Waals surface area contributed by atoms with E-state index in [-0.39, 0.29) is 16.6 Å². The second-order valence-electron chi connectivity index (χ2n) is 9.40. The van der Waals surface area contributed by atoms with Crippen LogP contribution < -0.4 is 14.4 Å². The Balaban J connectivity index is 1.65. The number of carbonyl (C=O) groups is 1. The third kappa shape index (κ3) is 6.11. The minimum absolute atomic E-state index is 0.0784. The van der Waals surface area contributed by atoms with Crippen LogP contribution in [0.5, 0.6) is 5.75 Å². The van der Waals surface area contributed by atoms with Crippen molar-refractivity contribution in [3.63, 3.8) is 0 Å². The van der Waals surface area contributed by atoms with Crippen molar-refractivity contribution in [3.8, 4) is 5.75 Å². The minimum atomic E-state index is -4.10. The highest BCUT2D eigenvalue weighted by atomic mass is 35.5. The van der Waals surface area contributed by atoms with Gasteiger partial charge in [-0.15, -0.1) is 0 Å². The van der Waals surface area contributed by atoms with Gasteiger partial charge in [0.25, 0.3) is 10.0 Å². The Labute approximate surface area is 224 Å². The van der Waals surface area contributed by atoms with Crippen molar-refractivity contribution in [2.45, 2.75) is 56.9 Å². The Morgan fingerprint density at radius 2 is 1.73 bits per heavy atom. The van der Waals surface area contributed by atoms with Gasteiger partial charge in [-0.05, 0) is 86.1 Å². The van der Waals surface area contributed by atoms with Crippen molar-refractivity contribution in [1.29, 1.82) is 0 Å². The molecule has 1 amide bonds. The SMILES string of the molecule is CCC(NC(=O)CN(c1cc(Cl)ccc1OC)S(=O)(=O)c1ccc(C)cc1)c1ccc2c(c1)CCCC2. The van der Waals surface area contributed by atoms with E-state index >= 15 is 0 Å². The molecule has 0 aromatic heterocycles. The van der Waals surface area contributed by atoms with E-state index in [1.54, 1.807) is 24.3 Å². The van der Waals surface area contributed by atoms with Crippen LogP contribution in [0, 0.1) is 6.92 Å². The lowest BCUT2D eigenvalue weighted by molar-refractivity contribution is -0.120. The number of rotatable bonds is 9. The molecule has 0 fully saturated rings. The number of fused-ring (bicyclic) bond motifs is 1. The smallest absolute Gasteiger partial charge is 0.264 e. The fourth-order valence-electron chi connectivity index (χ4n) is 4.76. The molecule has 1 aliphatic rings.